The van der Waals surface area contributed by atoms with Gasteiger partial charge in [0.1, 0.15) is 6.61 Å². The quantitative estimate of drug-likeness (QED) is 0.678. The topological polar surface area (TPSA) is 35.2 Å². The van der Waals surface area contributed by atoms with Gasteiger partial charge in [0.15, 0.2) is 0 Å². The van der Waals surface area contributed by atoms with Crippen molar-refractivity contribution in [3.05, 3.63) is 0 Å². The number of hydrogen-bond donors (Lipinski definition) is 1. The molecular weight excluding hydrogens is 164 g/mol. The Morgan fingerprint density at radius 1 is 1.33 bits per heavy atom. The van der Waals surface area contributed by atoms with Crippen molar-refractivity contribution in [2.45, 2.75) is 38.7 Å². The molecule has 0 aromatic carbocycles. The zero-order valence-electron chi connectivity index (χ0n) is 7.65. The van der Waals surface area contributed by atoms with Gasteiger partial charge in [0.05, 0.1) is 12.6 Å². The van der Waals surface area contributed by atoms with Crippen LogP contribution >= 0.6 is 0 Å². The smallest absolute Gasteiger partial charge is 0.282 e. The van der Waals surface area contributed by atoms with E-state index < -0.39 is 19.1 Å². The van der Waals surface area contributed by atoms with Gasteiger partial charge in [-0.25, -0.2) is 8.78 Å². The third-order valence-corrected chi connectivity index (χ3v) is 1.74. The Balaban J connectivity index is 3.65. The Kier molecular flexibility index (Phi) is 5.33. The molecule has 0 spiro atoms. The lowest BCUT2D eigenvalue weighted by Gasteiger charge is -2.18. The van der Waals surface area contributed by atoms with E-state index in [0.717, 1.165) is 12.8 Å². The maximum atomic E-state index is 12.5. The minimum atomic E-state index is -2.87. The molecule has 0 aliphatic heterocycles. The van der Waals surface area contributed by atoms with E-state index in [4.69, 9.17) is 10.5 Å². The first-order valence-corrected chi connectivity index (χ1v) is 4.25. The summed E-state index contributed by atoms with van der Waals surface area (Å²) in [5.41, 5.74) is 4.85. The molecule has 0 aromatic heterocycles. The summed E-state index contributed by atoms with van der Waals surface area (Å²) in [6.45, 7) is 2.62. The van der Waals surface area contributed by atoms with E-state index in [-0.39, 0.29) is 6.10 Å². The van der Waals surface area contributed by atoms with Crippen LogP contribution in [0.2, 0.25) is 0 Å². The van der Waals surface area contributed by atoms with Crippen molar-refractivity contribution >= 4 is 0 Å². The Bertz CT molecular complexity index is 116. The molecule has 0 aromatic rings. The van der Waals surface area contributed by atoms with Crippen molar-refractivity contribution in [2.75, 3.05) is 13.2 Å². The van der Waals surface area contributed by atoms with Crippen molar-refractivity contribution in [3.63, 3.8) is 0 Å². The Labute approximate surface area is 72.1 Å². The molecule has 4 heteroatoms. The molecule has 0 unspecified atom stereocenters. The lowest BCUT2D eigenvalue weighted by atomic mass is 10.2. The Morgan fingerprint density at radius 2 is 1.83 bits per heavy atom. The zero-order chi connectivity index (χ0) is 9.61. The molecule has 12 heavy (non-hydrogen) atoms. The van der Waals surface area contributed by atoms with Crippen molar-refractivity contribution in [2.24, 2.45) is 5.73 Å². The molecule has 0 atom stereocenters. The molecular formula is C8H17F2NO. The van der Waals surface area contributed by atoms with Gasteiger partial charge < -0.3 is 10.5 Å². The summed E-state index contributed by atoms with van der Waals surface area (Å²) in [5.74, 6) is -2.87. The van der Waals surface area contributed by atoms with Crippen molar-refractivity contribution in [1.29, 1.82) is 0 Å². The lowest BCUT2D eigenvalue weighted by Crippen LogP contribution is -2.34. The van der Waals surface area contributed by atoms with Crippen LogP contribution in [0.5, 0.6) is 0 Å². The molecule has 2 nitrogen and oxygen atoms in total. The summed E-state index contributed by atoms with van der Waals surface area (Å²) in [6, 6.07) is 0. The molecule has 74 valence electrons. The van der Waals surface area contributed by atoms with Gasteiger partial charge in [-0.2, -0.15) is 0 Å². The Hall–Kier alpha value is -0.220. The van der Waals surface area contributed by atoms with E-state index in [2.05, 4.69) is 0 Å². The van der Waals surface area contributed by atoms with E-state index in [1.165, 1.54) is 0 Å². The minimum absolute atomic E-state index is 0.0672. The maximum absolute atomic E-state index is 12.5. The Morgan fingerprint density at radius 3 is 2.17 bits per heavy atom. The van der Waals surface area contributed by atoms with E-state index in [1.807, 2.05) is 13.8 Å². The standard InChI is InChI=1S/C8H17F2NO/c1-3-7(4-2)12-6-8(9,10)5-11/h7H,3-6,11H2,1-2H3. The number of hydrogen-bond acceptors (Lipinski definition) is 2. The molecule has 2 N–H and O–H groups in total. The second-order valence-corrected chi connectivity index (χ2v) is 2.81. The number of ether oxygens (including phenoxy) is 1. The van der Waals surface area contributed by atoms with Gasteiger partial charge in [-0.3, -0.25) is 0 Å². The fourth-order valence-electron chi connectivity index (χ4n) is 0.823. The van der Waals surface area contributed by atoms with Crippen LogP contribution in [-0.2, 0) is 4.74 Å². The van der Waals surface area contributed by atoms with Gasteiger partial charge in [-0.15, -0.1) is 0 Å². The lowest BCUT2D eigenvalue weighted by molar-refractivity contribution is -0.0939. The summed E-state index contributed by atoms with van der Waals surface area (Å²) in [6.07, 6.45) is 1.45. The highest BCUT2D eigenvalue weighted by Gasteiger charge is 2.27. The van der Waals surface area contributed by atoms with Gasteiger partial charge in [0.25, 0.3) is 5.92 Å². The van der Waals surface area contributed by atoms with E-state index in [9.17, 15) is 8.78 Å². The van der Waals surface area contributed by atoms with Crippen LogP contribution in [-0.4, -0.2) is 25.2 Å². The van der Waals surface area contributed by atoms with E-state index in [1.54, 1.807) is 0 Å². The molecule has 0 heterocycles. The molecule has 0 saturated carbocycles. The van der Waals surface area contributed by atoms with E-state index >= 15 is 0 Å². The summed E-state index contributed by atoms with van der Waals surface area (Å²) < 4.78 is 30.0. The number of alkyl halides is 2. The number of nitrogens with two attached hydrogens (primary N) is 1. The highest BCUT2D eigenvalue weighted by atomic mass is 19.3. The summed E-state index contributed by atoms with van der Waals surface area (Å²) in [5, 5.41) is 0. The molecule has 0 fully saturated rings. The summed E-state index contributed by atoms with van der Waals surface area (Å²) >= 11 is 0. The average molecular weight is 181 g/mol. The van der Waals surface area contributed by atoms with Crippen LogP contribution in [0, 0.1) is 0 Å². The third-order valence-electron chi connectivity index (χ3n) is 1.74. The normalized spacial score (nSPS) is 12.5. The zero-order valence-corrected chi connectivity index (χ0v) is 7.65. The van der Waals surface area contributed by atoms with Gasteiger partial charge in [-0.1, -0.05) is 13.8 Å². The first-order chi connectivity index (χ1) is 5.55. The maximum Gasteiger partial charge on any atom is 0.282 e. The van der Waals surface area contributed by atoms with Crippen LogP contribution in [0.3, 0.4) is 0 Å². The van der Waals surface area contributed by atoms with Crippen molar-refractivity contribution in [1.82, 2.24) is 0 Å². The third kappa shape index (κ3) is 4.62. The van der Waals surface area contributed by atoms with Gasteiger partial charge >= 0.3 is 0 Å². The number of rotatable bonds is 6. The summed E-state index contributed by atoms with van der Waals surface area (Å²) in [7, 11) is 0. The van der Waals surface area contributed by atoms with Crippen molar-refractivity contribution in [3.8, 4) is 0 Å². The van der Waals surface area contributed by atoms with Gasteiger partial charge in [0.2, 0.25) is 0 Å². The molecule has 0 radical (unpaired) electrons. The SMILES string of the molecule is CCC(CC)OCC(F)(F)CN. The largest absolute Gasteiger partial charge is 0.372 e. The minimum Gasteiger partial charge on any atom is -0.372 e. The predicted molar refractivity (Wildman–Crippen MR) is 44.3 cm³/mol. The van der Waals surface area contributed by atoms with E-state index in [0.29, 0.717) is 0 Å². The first kappa shape index (κ1) is 11.8. The molecule has 0 amide bonds. The van der Waals surface area contributed by atoms with Gasteiger partial charge in [0, 0.05) is 0 Å². The fraction of sp³-hybridized carbons (Fsp3) is 1.00. The molecule has 0 aliphatic carbocycles. The highest BCUT2D eigenvalue weighted by Crippen LogP contribution is 2.14. The first-order valence-electron chi connectivity index (χ1n) is 4.25. The number of halogens is 2. The highest BCUT2D eigenvalue weighted by molar-refractivity contribution is 4.66. The van der Waals surface area contributed by atoms with Crippen LogP contribution in [0.15, 0.2) is 0 Å². The van der Waals surface area contributed by atoms with Crippen LogP contribution < -0.4 is 5.73 Å². The van der Waals surface area contributed by atoms with Crippen LogP contribution in [0.4, 0.5) is 8.78 Å². The average Bonchev–Trinajstić information content (AvgIpc) is 2.06. The second-order valence-electron chi connectivity index (χ2n) is 2.81. The monoisotopic (exact) mass is 181 g/mol. The fourth-order valence-corrected chi connectivity index (χ4v) is 0.823. The predicted octanol–water partition coefficient (Wildman–Crippen LogP) is 1.79. The van der Waals surface area contributed by atoms with Crippen LogP contribution in [0.25, 0.3) is 0 Å². The van der Waals surface area contributed by atoms with Crippen molar-refractivity contribution < 1.29 is 13.5 Å². The molecule has 0 saturated heterocycles. The van der Waals surface area contributed by atoms with Gasteiger partial charge in [-0.05, 0) is 12.8 Å². The van der Waals surface area contributed by atoms with Crippen LogP contribution in [0.1, 0.15) is 26.7 Å². The molecule has 0 aliphatic rings. The molecule has 0 rings (SSSR count). The second kappa shape index (κ2) is 5.43. The summed E-state index contributed by atoms with van der Waals surface area (Å²) in [4.78, 5) is 0. The molecule has 0 bridgehead atoms.